The number of hydrogen-bond donors (Lipinski definition) is 1. The summed E-state index contributed by atoms with van der Waals surface area (Å²) in [4.78, 5) is 4.51. The van der Waals surface area contributed by atoms with Gasteiger partial charge in [0.25, 0.3) is 0 Å². The lowest BCUT2D eigenvalue weighted by atomic mass is 10.2. The zero-order valence-corrected chi connectivity index (χ0v) is 11.0. The van der Waals surface area contributed by atoms with Gasteiger partial charge in [0, 0.05) is 18.3 Å². The van der Waals surface area contributed by atoms with E-state index in [1.165, 1.54) is 12.8 Å². The monoisotopic (exact) mass is 234 g/mol. The average molecular weight is 234 g/mol. The van der Waals surface area contributed by atoms with Gasteiger partial charge in [-0.3, -0.25) is 4.98 Å². The largest absolute Gasteiger partial charge is 0.487 e. The summed E-state index contributed by atoms with van der Waals surface area (Å²) >= 11 is 0. The van der Waals surface area contributed by atoms with Gasteiger partial charge in [-0.05, 0) is 45.2 Å². The van der Waals surface area contributed by atoms with Crippen molar-refractivity contribution >= 4 is 0 Å². The Balaban J connectivity index is 1.91. The molecule has 3 nitrogen and oxygen atoms in total. The van der Waals surface area contributed by atoms with Crippen LogP contribution < -0.4 is 10.1 Å². The van der Waals surface area contributed by atoms with Crippen LogP contribution in [-0.2, 0) is 6.42 Å². The highest BCUT2D eigenvalue weighted by molar-refractivity contribution is 5.29. The Kier molecular flexibility index (Phi) is 4.00. The summed E-state index contributed by atoms with van der Waals surface area (Å²) < 4.78 is 5.94. The van der Waals surface area contributed by atoms with Crippen LogP contribution in [-0.4, -0.2) is 23.7 Å². The van der Waals surface area contributed by atoms with Crippen molar-refractivity contribution in [3.05, 3.63) is 23.5 Å². The maximum absolute atomic E-state index is 5.94. The molecule has 1 aromatic rings. The molecule has 1 fully saturated rings. The van der Waals surface area contributed by atoms with Crippen molar-refractivity contribution in [1.82, 2.24) is 10.3 Å². The highest BCUT2D eigenvalue weighted by Gasteiger charge is 2.21. The fourth-order valence-corrected chi connectivity index (χ4v) is 1.84. The Labute approximate surface area is 104 Å². The van der Waals surface area contributed by atoms with Crippen LogP contribution >= 0.6 is 0 Å². The maximum atomic E-state index is 5.94. The molecule has 0 spiro atoms. The van der Waals surface area contributed by atoms with E-state index in [9.17, 15) is 0 Å². The second kappa shape index (κ2) is 5.50. The summed E-state index contributed by atoms with van der Waals surface area (Å²) in [6.45, 7) is 7.15. The standard InChI is InChI=1S/C14H22N2O/c1-4-13-14(8-5-10(2)16-13)17-11(3)9-15-12-6-7-12/h5,8,11-12,15H,4,6-7,9H2,1-3H3. The summed E-state index contributed by atoms with van der Waals surface area (Å²) in [5, 5.41) is 3.48. The zero-order valence-electron chi connectivity index (χ0n) is 11.0. The van der Waals surface area contributed by atoms with Gasteiger partial charge >= 0.3 is 0 Å². The van der Waals surface area contributed by atoms with Gasteiger partial charge in [0.05, 0.1) is 5.69 Å². The number of nitrogens with zero attached hydrogens (tertiary/aromatic N) is 1. The third-order valence-electron chi connectivity index (χ3n) is 3.01. The van der Waals surface area contributed by atoms with Crippen molar-refractivity contribution in [3.8, 4) is 5.75 Å². The van der Waals surface area contributed by atoms with E-state index in [0.29, 0.717) is 0 Å². The Morgan fingerprint density at radius 3 is 2.88 bits per heavy atom. The number of aromatic nitrogens is 1. The van der Waals surface area contributed by atoms with Crippen molar-refractivity contribution in [2.45, 2.75) is 52.2 Å². The van der Waals surface area contributed by atoms with Gasteiger partial charge in [-0.25, -0.2) is 0 Å². The van der Waals surface area contributed by atoms with Crippen LogP contribution in [0.15, 0.2) is 12.1 Å². The molecule has 1 aliphatic carbocycles. The van der Waals surface area contributed by atoms with Crippen molar-refractivity contribution in [3.63, 3.8) is 0 Å². The molecule has 0 aromatic carbocycles. The van der Waals surface area contributed by atoms with Crippen molar-refractivity contribution in [2.24, 2.45) is 0 Å². The summed E-state index contributed by atoms with van der Waals surface area (Å²) in [6.07, 6.45) is 3.75. The average Bonchev–Trinajstić information content (AvgIpc) is 3.12. The summed E-state index contributed by atoms with van der Waals surface area (Å²) in [6, 6.07) is 4.78. The zero-order chi connectivity index (χ0) is 12.3. The molecule has 3 heteroatoms. The lowest BCUT2D eigenvalue weighted by Gasteiger charge is -2.17. The molecule has 1 aliphatic rings. The predicted molar refractivity (Wildman–Crippen MR) is 69.5 cm³/mol. The van der Waals surface area contributed by atoms with Crippen LogP contribution in [0, 0.1) is 6.92 Å². The van der Waals surface area contributed by atoms with E-state index in [0.717, 1.165) is 36.1 Å². The van der Waals surface area contributed by atoms with Crippen LogP contribution in [0.2, 0.25) is 0 Å². The predicted octanol–water partition coefficient (Wildman–Crippen LogP) is 2.47. The van der Waals surface area contributed by atoms with Crippen molar-refractivity contribution < 1.29 is 4.74 Å². The Bertz CT molecular complexity index is 374. The third-order valence-corrected chi connectivity index (χ3v) is 3.01. The molecule has 0 saturated heterocycles. The van der Waals surface area contributed by atoms with Crippen molar-refractivity contribution in [2.75, 3.05) is 6.54 Å². The Morgan fingerprint density at radius 1 is 1.47 bits per heavy atom. The molecule has 0 radical (unpaired) electrons. The van der Waals surface area contributed by atoms with Gasteiger partial charge in [-0.1, -0.05) is 6.92 Å². The molecular weight excluding hydrogens is 212 g/mol. The summed E-state index contributed by atoms with van der Waals surface area (Å²) in [5.74, 6) is 0.934. The van der Waals surface area contributed by atoms with E-state index in [-0.39, 0.29) is 6.10 Å². The van der Waals surface area contributed by atoms with Crippen LogP contribution in [0.3, 0.4) is 0 Å². The molecule has 94 valence electrons. The Hall–Kier alpha value is -1.09. The number of ether oxygens (including phenoxy) is 1. The smallest absolute Gasteiger partial charge is 0.141 e. The van der Waals surface area contributed by atoms with E-state index >= 15 is 0 Å². The first-order chi connectivity index (χ1) is 8.19. The first-order valence-corrected chi connectivity index (χ1v) is 6.55. The van der Waals surface area contributed by atoms with Gasteiger partial charge < -0.3 is 10.1 Å². The first-order valence-electron chi connectivity index (χ1n) is 6.55. The molecule has 1 atom stereocenters. The van der Waals surface area contributed by atoms with Gasteiger partial charge in [0.2, 0.25) is 0 Å². The molecule has 1 aromatic heterocycles. The molecule has 1 saturated carbocycles. The molecular formula is C14H22N2O. The number of nitrogens with one attached hydrogen (secondary N) is 1. The summed E-state index contributed by atoms with van der Waals surface area (Å²) in [7, 11) is 0. The highest BCUT2D eigenvalue weighted by Crippen LogP contribution is 2.20. The number of aryl methyl sites for hydroxylation is 2. The third kappa shape index (κ3) is 3.70. The first kappa shape index (κ1) is 12.4. The normalized spacial score (nSPS) is 16.9. The highest BCUT2D eigenvalue weighted by atomic mass is 16.5. The lowest BCUT2D eigenvalue weighted by molar-refractivity contribution is 0.213. The van der Waals surface area contributed by atoms with Crippen LogP contribution in [0.1, 0.15) is 38.1 Å². The molecule has 1 heterocycles. The fourth-order valence-electron chi connectivity index (χ4n) is 1.84. The van der Waals surface area contributed by atoms with E-state index in [2.05, 4.69) is 24.1 Å². The van der Waals surface area contributed by atoms with Crippen LogP contribution in [0.4, 0.5) is 0 Å². The molecule has 2 rings (SSSR count). The van der Waals surface area contributed by atoms with Gasteiger partial charge in [0.1, 0.15) is 11.9 Å². The SMILES string of the molecule is CCc1nc(C)ccc1OC(C)CNC1CC1. The second-order valence-corrected chi connectivity index (χ2v) is 4.86. The van der Waals surface area contributed by atoms with Crippen LogP contribution in [0.25, 0.3) is 0 Å². The van der Waals surface area contributed by atoms with E-state index in [4.69, 9.17) is 4.74 Å². The van der Waals surface area contributed by atoms with E-state index in [1.54, 1.807) is 0 Å². The maximum Gasteiger partial charge on any atom is 0.141 e. The minimum absolute atomic E-state index is 0.199. The molecule has 0 bridgehead atoms. The van der Waals surface area contributed by atoms with E-state index in [1.807, 2.05) is 19.1 Å². The molecule has 1 N–H and O–H groups in total. The molecule has 17 heavy (non-hydrogen) atoms. The van der Waals surface area contributed by atoms with Gasteiger partial charge in [-0.15, -0.1) is 0 Å². The lowest BCUT2D eigenvalue weighted by Crippen LogP contribution is -2.30. The van der Waals surface area contributed by atoms with Crippen molar-refractivity contribution in [1.29, 1.82) is 0 Å². The quantitative estimate of drug-likeness (QED) is 0.821. The van der Waals surface area contributed by atoms with Gasteiger partial charge in [-0.2, -0.15) is 0 Å². The summed E-state index contributed by atoms with van der Waals surface area (Å²) in [5.41, 5.74) is 2.11. The minimum atomic E-state index is 0.199. The molecule has 1 unspecified atom stereocenters. The second-order valence-electron chi connectivity index (χ2n) is 4.86. The molecule has 0 aliphatic heterocycles. The minimum Gasteiger partial charge on any atom is -0.487 e. The number of rotatable bonds is 6. The number of hydrogen-bond acceptors (Lipinski definition) is 3. The topological polar surface area (TPSA) is 34.1 Å². The number of pyridine rings is 1. The van der Waals surface area contributed by atoms with E-state index < -0.39 is 0 Å². The van der Waals surface area contributed by atoms with Gasteiger partial charge in [0.15, 0.2) is 0 Å². The fraction of sp³-hybridized carbons (Fsp3) is 0.643. The Morgan fingerprint density at radius 2 is 2.24 bits per heavy atom. The molecule has 0 amide bonds. The van der Waals surface area contributed by atoms with Crippen LogP contribution in [0.5, 0.6) is 5.75 Å².